The van der Waals surface area contributed by atoms with E-state index in [2.05, 4.69) is 12.0 Å². The fourth-order valence-electron chi connectivity index (χ4n) is 2.53. The molecule has 1 heterocycles. The standard InChI is InChI=1S/C21H17ClN2O3S2/c1-3-9-27-15-6-4-5-14(11-15)12-18-20(26)24(21(28)29-18)23-19(25)16-8-7-13(2)10-17(16)22/h3-8,10-12H,1,9H2,2H3,(H,23,25)/b18-12+. The maximum absolute atomic E-state index is 12.7. The Kier molecular flexibility index (Phi) is 6.74. The summed E-state index contributed by atoms with van der Waals surface area (Å²) >= 11 is 12.5. The Balaban J connectivity index is 1.76. The van der Waals surface area contributed by atoms with Crippen LogP contribution < -0.4 is 10.2 Å². The molecule has 0 bridgehead atoms. The first-order chi connectivity index (χ1) is 13.9. The largest absolute Gasteiger partial charge is 0.490 e. The molecular formula is C21H17ClN2O3S2. The van der Waals surface area contributed by atoms with E-state index >= 15 is 0 Å². The molecule has 148 valence electrons. The van der Waals surface area contributed by atoms with Gasteiger partial charge in [0.05, 0.1) is 15.5 Å². The van der Waals surface area contributed by atoms with Crippen LogP contribution in [0.1, 0.15) is 21.5 Å². The van der Waals surface area contributed by atoms with E-state index in [0.717, 1.165) is 27.9 Å². The first kappa shape index (κ1) is 21.1. The summed E-state index contributed by atoms with van der Waals surface area (Å²) in [6, 6.07) is 12.4. The number of nitrogens with zero attached hydrogens (tertiary/aromatic N) is 1. The maximum Gasteiger partial charge on any atom is 0.285 e. The number of hydrogen-bond acceptors (Lipinski definition) is 5. The van der Waals surface area contributed by atoms with Gasteiger partial charge in [0, 0.05) is 0 Å². The van der Waals surface area contributed by atoms with Gasteiger partial charge in [0.2, 0.25) is 0 Å². The number of rotatable bonds is 6. The molecule has 8 heteroatoms. The number of thiocarbonyl (C=S) groups is 1. The fraction of sp³-hybridized carbons (Fsp3) is 0.0952. The third-order valence-corrected chi connectivity index (χ3v) is 5.51. The monoisotopic (exact) mass is 444 g/mol. The molecule has 2 amide bonds. The zero-order valence-electron chi connectivity index (χ0n) is 15.5. The van der Waals surface area contributed by atoms with Gasteiger partial charge in [-0.2, -0.15) is 5.01 Å². The normalized spacial score (nSPS) is 15.0. The fourth-order valence-corrected chi connectivity index (χ4v) is 4.03. The molecule has 0 saturated carbocycles. The number of thioether (sulfide) groups is 1. The molecule has 1 aliphatic heterocycles. The second kappa shape index (κ2) is 9.26. The van der Waals surface area contributed by atoms with E-state index in [1.54, 1.807) is 36.4 Å². The van der Waals surface area contributed by atoms with Gasteiger partial charge in [-0.3, -0.25) is 15.0 Å². The zero-order chi connectivity index (χ0) is 21.0. The summed E-state index contributed by atoms with van der Waals surface area (Å²) in [4.78, 5) is 25.7. The van der Waals surface area contributed by atoms with Crippen LogP contribution in [0.2, 0.25) is 5.02 Å². The number of aryl methyl sites for hydroxylation is 1. The van der Waals surface area contributed by atoms with Gasteiger partial charge in [-0.05, 0) is 60.6 Å². The summed E-state index contributed by atoms with van der Waals surface area (Å²) in [5.74, 6) is -0.252. The summed E-state index contributed by atoms with van der Waals surface area (Å²) in [7, 11) is 0. The molecule has 1 N–H and O–H groups in total. The quantitative estimate of drug-likeness (QED) is 0.395. The minimum Gasteiger partial charge on any atom is -0.490 e. The number of hydrazine groups is 1. The second-order valence-corrected chi connectivity index (χ2v) is 8.20. The van der Waals surface area contributed by atoms with Crippen LogP contribution in [0.25, 0.3) is 6.08 Å². The van der Waals surface area contributed by atoms with E-state index in [4.69, 9.17) is 28.6 Å². The Morgan fingerprint density at radius 3 is 2.86 bits per heavy atom. The lowest BCUT2D eigenvalue weighted by Gasteiger charge is -2.16. The van der Waals surface area contributed by atoms with Crippen LogP contribution in [-0.4, -0.2) is 27.8 Å². The summed E-state index contributed by atoms with van der Waals surface area (Å²) in [6.07, 6.45) is 3.35. The molecule has 0 aromatic heterocycles. The number of carbonyl (C=O) groups is 2. The van der Waals surface area contributed by atoms with Crippen molar-refractivity contribution >= 4 is 57.8 Å². The maximum atomic E-state index is 12.7. The SMILES string of the molecule is C=CCOc1cccc(/C=C2/SC(=S)N(NC(=O)c3ccc(C)cc3Cl)C2=O)c1. The Labute approximate surface area is 183 Å². The zero-order valence-corrected chi connectivity index (χ0v) is 17.9. The van der Waals surface area contributed by atoms with Gasteiger partial charge in [0.15, 0.2) is 4.32 Å². The van der Waals surface area contributed by atoms with Crippen molar-refractivity contribution in [1.29, 1.82) is 0 Å². The second-order valence-electron chi connectivity index (χ2n) is 6.11. The van der Waals surface area contributed by atoms with Gasteiger partial charge in [0.25, 0.3) is 11.8 Å². The number of hydrogen-bond donors (Lipinski definition) is 1. The summed E-state index contributed by atoms with van der Waals surface area (Å²) < 4.78 is 5.74. The third kappa shape index (κ3) is 5.06. The number of halogens is 1. The van der Waals surface area contributed by atoms with Gasteiger partial charge in [-0.25, -0.2) is 0 Å². The Morgan fingerprint density at radius 2 is 2.14 bits per heavy atom. The average Bonchev–Trinajstić information content (AvgIpc) is 2.94. The topological polar surface area (TPSA) is 58.6 Å². The van der Waals surface area contributed by atoms with E-state index in [1.165, 1.54) is 0 Å². The van der Waals surface area contributed by atoms with E-state index < -0.39 is 11.8 Å². The minimum atomic E-state index is -0.507. The molecule has 0 aliphatic carbocycles. The molecule has 1 saturated heterocycles. The molecule has 0 spiro atoms. The van der Waals surface area contributed by atoms with Crippen molar-refractivity contribution in [2.24, 2.45) is 0 Å². The lowest BCUT2D eigenvalue weighted by Crippen LogP contribution is -2.44. The number of ether oxygens (including phenoxy) is 1. The lowest BCUT2D eigenvalue weighted by atomic mass is 10.1. The van der Waals surface area contributed by atoms with Crippen LogP contribution >= 0.6 is 35.6 Å². The van der Waals surface area contributed by atoms with Crippen molar-refractivity contribution in [2.45, 2.75) is 6.92 Å². The Bertz CT molecular complexity index is 1040. The highest BCUT2D eigenvalue weighted by Crippen LogP contribution is 2.32. The summed E-state index contributed by atoms with van der Waals surface area (Å²) in [5.41, 5.74) is 4.51. The van der Waals surface area contributed by atoms with Crippen molar-refractivity contribution < 1.29 is 14.3 Å². The number of nitrogens with one attached hydrogen (secondary N) is 1. The predicted molar refractivity (Wildman–Crippen MR) is 121 cm³/mol. The number of carbonyl (C=O) groups excluding carboxylic acids is 2. The van der Waals surface area contributed by atoms with Crippen molar-refractivity contribution in [3.63, 3.8) is 0 Å². The Morgan fingerprint density at radius 1 is 1.34 bits per heavy atom. The van der Waals surface area contributed by atoms with E-state index in [-0.39, 0.29) is 9.88 Å². The first-order valence-corrected chi connectivity index (χ1v) is 10.2. The molecular weight excluding hydrogens is 428 g/mol. The average molecular weight is 445 g/mol. The molecule has 2 aromatic carbocycles. The van der Waals surface area contributed by atoms with Gasteiger partial charge in [0.1, 0.15) is 12.4 Å². The van der Waals surface area contributed by atoms with Crippen molar-refractivity contribution in [2.75, 3.05) is 6.61 Å². The molecule has 1 fully saturated rings. The summed E-state index contributed by atoms with van der Waals surface area (Å²) in [6.45, 7) is 5.88. The molecule has 5 nitrogen and oxygen atoms in total. The molecule has 0 unspecified atom stereocenters. The molecule has 0 atom stereocenters. The predicted octanol–water partition coefficient (Wildman–Crippen LogP) is 4.76. The summed E-state index contributed by atoms with van der Waals surface area (Å²) in [5, 5.41) is 1.36. The van der Waals surface area contributed by atoms with Crippen LogP contribution in [0.5, 0.6) is 5.75 Å². The highest BCUT2D eigenvalue weighted by Gasteiger charge is 2.34. The van der Waals surface area contributed by atoms with Gasteiger partial charge in [-0.1, -0.05) is 54.2 Å². The van der Waals surface area contributed by atoms with Crippen LogP contribution in [0.4, 0.5) is 0 Å². The third-order valence-electron chi connectivity index (χ3n) is 3.90. The van der Waals surface area contributed by atoms with Crippen LogP contribution in [-0.2, 0) is 4.79 Å². The van der Waals surface area contributed by atoms with Crippen LogP contribution in [0.3, 0.4) is 0 Å². The van der Waals surface area contributed by atoms with Crippen LogP contribution in [0, 0.1) is 6.92 Å². The van der Waals surface area contributed by atoms with E-state index in [9.17, 15) is 9.59 Å². The highest BCUT2D eigenvalue weighted by molar-refractivity contribution is 8.26. The highest BCUT2D eigenvalue weighted by atomic mass is 35.5. The minimum absolute atomic E-state index is 0.233. The van der Waals surface area contributed by atoms with Crippen molar-refractivity contribution in [3.8, 4) is 5.75 Å². The smallest absolute Gasteiger partial charge is 0.285 e. The molecule has 1 aliphatic rings. The van der Waals surface area contributed by atoms with Crippen LogP contribution in [0.15, 0.2) is 60.0 Å². The number of amides is 2. The van der Waals surface area contributed by atoms with E-state index in [0.29, 0.717) is 22.3 Å². The van der Waals surface area contributed by atoms with Crippen molar-refractivity contribution in [1.82, 2.24) is 10.4 Å². The molecule has 3 rings (SSSR count). The molecule has 2 aromatic rings. The van der Waals surface area contributed by atoms with Gasteiger partial charge >= 0.3 is 0 Å². The van der Waals surface area contributed by atoms with E-state index in [1.807, 2.05) is 25.1 Å². The van der Waals surface area contributed by atoms with Gasteiger partial charge < -0.3 is 4.74 Å². The van der Waals surface area contributed by atoms with Crippen molar-refractivity contribution in [3.05, 3.63) is 81.7 Å². The molecule has 0 radical (unpaired) electrons. The first-order valence-electron chi connectivity index (χ1n) is 8.58. The number of benzene rings is 2. The molecule has 29 heavy (non-hydrogen) atoms. The lowest BCUT2D eigenvalue weighted by molar-refractivity contribution is -0.123. The van der Waals surface area contributed by atoms with Gasteiger partial charge in [-0.15, -0.1) is 0 Å². The Hall–Kier alpha value is -2.61.